The lowest BCUT2D eigenvalue weighted by atomic mass is 10.1. The van der Waals surface area contributed by atoms with Gasteiger partial charge >= 0.3 is 5.97 Å². The minimum absolute atomic E-state index is 0.0642. The van der Waals surface area contributed by atoms with Crippen molar-refractivity contribution >= 4 is 17.5 Å². The Kier molecular flexibility index (Phi) is 5.39. The molecule has 2 heterocycles. The number of hydrogen-bond donors (Lipinski definition) is 1. The lowest BCUT2D eigenvalue weighted by Gasteiger charge is -2.24. The molecule has 1 aliphatic carbocycles. The molecule has 0 radical (unpaired) electrons. The molecule has 1 aromatic heterocycles. The molecule has 9 heteroatoms. The molecule has 2 atom stereocenters. The predicted octanol–water partition coefficient (Wildman–Crippen LogP) is 2.59. The van der Waals surface area contributed by atoms with Gasteiger partial charge in [0.15, 0.2) is 0 Å². The minimum Gasteiger partial charge on any atom is -0.452 e. The zero-order valence-corrected chi connectivity index (χ0v) is 16.2. The number of anilines is 1. The van der Waals surface area contributed by atoms with Crippen molar-refractivity contribution in [3.63, 3.8) is 0 Å². The van der Waals surface area contributed by atoms with Gasteiger partial charge in [-0.05, 0) is 37.4 Å². The summed E-state index contributed by atoms with van der Waals surface area (Å²) in [6, 6.07) is 5.43. The monoisotopic (exact) mass is 397 g/mol. The van der Waals surface area contributed by atoms with Crippen molar-refractivity contribution in [3.8, 4) is 0 Å². The summed E-state index contributed by atoms with van der Waals surface area (Å²) in [5, 5.41) is 14.2. The van der Waals surface area contributed by atoms with Gasteiger partial charge in [0, 0.05) is 37.3 Å². The van der Waals surface area contributed by atoms with Crippen LogP contribution in [0.3, 0.4) is 0 Å². The van der Waals surface area contributed by atoms with Gasteiger partial charge in [-0.3, -0.25) is 10.1 Å². The molecular weight excluding hydrogens is 374 g/mol. The number of nitrogens with one attached hydrogen (secondary N) is 1. The Morgan fingerprint density at radius 2 is 2.03 bits per heavy atom. The van der Waals surface area contributed by atoms with Crippen LogP contribution in [0.4, 0.5) is 11.5 Å². The zero-order valence-electron chi connectivity index (χ0n) is 16.2. The Labute approximate surface area is 168 Å². The highest BCUT2D eigenvalue weighted by Crippen LogP contribution is 2.45. The second-order valence-electron chi connectivity index (χ2n) is 7.42. The highest BCUT2D eigenvalue weighted by Gasteiger charge is 2.36. The van der Waals surface area contributed by atoms with E-state index in [0.717, 1.165) is 49.7 Å². The van der Waals surface area contributed by atoms with Crippen LogP contribution in [-0.2, 0) is 4.74 Å². The van der Waals surface area contributed by atoms with Crippen LogP contribution in [0.15, 0.2) is 30.6 Å². The highest BCUT2D eigenvalue weighted by atomic mass is 16.6. The molecule has 1 fully saturated rings. The van der Waals surface area contributed by atoms with Crippen molar-refractivity contribution in [1.82, 2.24) is 15.3 Å². The predicted molar refractivity (Wildman–Crippen MR) is 106 cm³/mol. The molecule has 0 saturated carbocycles. The number of carbonyl (C=O) groups excluding carboxylic acids is 1. The largest absolute Gasteiger partial charge is 0.452 e. The van der Waals surface area contributed by atoms with Gasteiger partial charge in [0.25, 0.3) is 5.69 Å². The smallest absolute Gasteiger partial charge is 0.338 e. The van der Waals surface area contributed by atoms with Gasteiger partial charge < -0.3 is 15.0 Å². The van der Waals surface area contributed by atoms with E-state index in [0.29, 0.717) is 6.42 Å². The van der Waals surface area contributed by atoms with Crippen molar-refractivity contribution in [3.05, 3.63) is 57.5 Å². The first kappa shape index (κ1) is 19.3. The lowest BCUT2D eigenvalue weighted by molar-refractivity contribution is -0.384. The summed E-state index contributed by atoms with van der Waals surface area (Å²) in [5.41, 5.74) is 2.03. The molecule has 4 rings (SSSR count). The Balaban J connectivity index is 1.55. The molecule has 0 spiro atoms. The number of carbonyl (C=O) groups is 1. The average Bonchev–Trinajstić information content (AvgIpc) is 2.90. The first-order valence-corrected chi connectivity index (χ1v) is 9.80. The number of esters is 1. The maximum absolute atomic E-state index is 12.6. The van der Waals surface area contributed by atoms with E-state index in [1.807, 2.05) is 0 Å². The maximum Gasteiger partial charge on any atom is 0.338 e. The topological polar surface area (TPSA) is 110 Å². The third-order valence-electron chi connectivity index (χ3n) is 5.46. The molecule has 9 nitrogen and oxygen atoms in total. The molecule has 2 aliphatic rings. The Bertz CT molecular complexity index is 910. The van der Waals surface area contributed by atoms with E-state index in [9.17, 15) is 14.9 Å². The Morgan fingerprint density at radius 3 is 2.79 bits per heavy atom. The third kappa shape index (κ3) is 3.91. The normalized spacial score (nSPS) is 21.3. The fourth-order valence-corrected chi connectivity index (χ4v) is 4.01. The average molecular weight is 397 g/mol. The first-order valence-electron chi connectivity index (χ1n) is 9.80. The van der Waals surface area contributed by atoms with Gasteiger partial charge in [0.05, 0.1) is 16.2 Å². The summed E-state index contributed by atoms with van der Waals surface area (Å²) in [6.45, 7) is 5.81. The molecule has 2 aromatic rings. The van der Waals surface area contributed by atoms with Crippen LogP contribution in [0.1, 0.15) is 53.4 Å². The molecular formula is C20H23N5O4. The number of ether oxygens (including phenoxy) is 1. The molecule has 152 valence electrons. The van der Waals surface area contributed by atoms with E-state index in [4.69, 9.17) is 4.74 Å². The van der Waals surface area contributed by atoms with E-state index >= 15 is 0 Å². The molecule has 1 N–H and O–H groups in total. The summed E-state index contributed by atoms with van der Waals surface area (Å²) < 4.78 is 5.73. The van der Waals surface area contributed by atoms with Crippen LogP contribution < -0.4 is 10.2 Å². The number of nitrogens with zero attached hydrogens (tertiary/aromatic N) is 4. The van der Waals surface area contributed by atoms with E-state index in [-0.39, 0.29) is 17.2 Å². The second-order valence-corrected chi connectivity index (χ2v) is 7.42. The number of aromatic nitrogens is 2. The molecule has 0 bridgehead atoms. The van der Waals surface area contributed by atoms with E-state index in [2.05, 4.69) is 27.1 Å². The fraction of sp³-hybridized carbons (Fsp3) is 0.450. The third-order valence-corrected chi connectivity index (χ3v) is 5.46. The standard InChI is InChI=1S/C20H23N5O4/c1-13-11-16(29-20(26)14-3-5-15(6-4-14)25(27)28)18-17(13)19(23-12-22-18)24-9-2-7-21-8-10-24/h3-6,12-13,16,21H,2,7-11H2,1H3. The Morgan fingerprint density at radius 1 is 1.24 bits per heavy atom. The van der Waals surface area contributed by atoms with Crippen molar-refractivity contribution in [2.24, 2.45) is 0 Å². The van der Waals surface area contributed by atoms with Crippen LogP contribution in [0.5, 0.6) is 0 Å². The Hall–Kier alpha value is -3.07. The number of nitro benzene ring substituents is 1. The summed E-state index contributed by atoms with van der Waals surface area (Å²) in [6.07, 6.45) is 2.78. The molecule has 29 heavy (non-hydrogen) atoms. The number of fused-ring (bicyclic) bond motifs is 1. The van der Waals surface area contributed by atoms with E-state index in [1.54, 1.807) is 0 Å². The quantitative estimate of drug-likeness (QED) is 0.476. The molecule has 1 aliphatic heterocycles. The number of nitro groups is 1. The van der Waals surface area contributed by atoms with E-state index < -0.39 is 17.0 Å². The maximum atomic E-state index is 12.6. The highest BCUT2D eigenvalue weighted by molar-refractivity contribution is 5.89. The van der Waals surface area contributed by atoms with Gasteiger partial charge in [0.1, 0.15) is 18.2 Å². The number of non-ortho nitro benzene ring substituents is 1. The SMILES string of the molecule is CC1CC(OC(=O)c2ccc([N+](=O)[O-])cc2)c2ncnc(N3CCCNCC3)c21. The van der Waals surface area contributed by atoms with Gasteiger partial charge in [-0.1, -0.05) is 6.92 Å². The number of benzene rings is 1. The summed E-state index contributed by atoms with van der Waals surface area (Å²) >= 11 is 0. The minimum atomic E-state index is -0.510. The van der Waals surface area contributed by atoms with Gasteiger partial charge in [0.2, 0.25) is 0 Å². The van der Waals surface area contributed by atoms with Crippen molar-refractivity contribution in [2.45, 2.75) is 31.8 Å². The van der Waals surface area contributed by atoms with Crippen molar-refractivity contribution in [1.29, 1.82) is 0 Å². The number of hydrogen-bond acceptors (Lipinski definition) is 8. The molecule has 2 unspecified atom stereocenters. The van der Waals surface area contributed by atoms with Crippen LogP contribution in [0.25, 0.3) is 0 Å². The molecule has 0 amide bonds. The van der Waals surface area contributed by atoms with Gasteiger partial charge in [-0.25, -0.2) is 14.8 Å². The summed E-state index contributed by atoms with van der Waals surface area (Å²) in [4.78, 5) is 34.1. The van der Waals surface area contributed by atoms with Gasteiger partial charge in [-0.2, -0.15) is 0 Å². The van der Waals surface area contributed by atoms with E-state index in [1.165, 1.54) is 30.6 Å². The summed E-state index contributed by atoms with van der Waals surface area (Å²) in [7, 11) is 0. The first-order chi connectivity index (χ1) is 14.0. The number of rotatable bonds is 4. The van der Waals surface area contributed by atoms with Crippen LogP contribution in [0, 0.1) is 10.1 Å². The van der Waals surface area contributed by atoms with Crippen LogP contribution >= 0.6 is 0 Å². The summed E-state index contributed by atoms with van der Waals surface area (Å²) in [5.74, 6) is 0.594. The van der Waals surface area contributed by atoms with Crippen molar-refractivity contribution in [2.75, 3.05) is 31.1 Å². The lowest BCUT2D eigenvalue weighted by Crippen LogP contribution is -2.30. The molecule has 1 aromatic carbocycles. The zero-order chi connectivity index (χ0) is 20.4. The van der Waals surface area contributed by atoms with Crippen molar-refractivity contribution < 1.29 is 14.5 Å². The second kappa shape index (κ2) is 8.12. The van der Waals surface area contributed by atoms with Crippen LogP contribution in [-0.4, -0.2) is 47.0 Å². The van der Waals surface area contributed by atoms with Gasteiger partial charge in [-0.15, -0.1) is 0 Å². The molecule has 1 saturated heterocycles. The fourth-order valence-electron chi connectivity index (χ4n) is 4.01. The van der Waals surface area contributed by atoms with Crippen LogP contribution in [0.2, 0.25) is 0 Å².